The van der Waals surface area contributed by atoms with Crippen LogP contribution < -0.4 is 26.1 Å². The second-order valence-corrected chi connectivity index (χ2v) is 7.72. The summed E-state index contributed by atoms with van der Waals surface area (Å²) < 4.78 is 14.5. The van der Waals surface area contributed by atoms with E-state index >= 15 is 0 Å². The number of hydrogen-bond acceptors (Lipinski definition) is 9. The van der Waals surface area contributed by atoms with Crippen LogP contribution in [0.5, 0.6) is 11.5 Å². The Labute approximate surface area is 199 Å². The van der Waals surface area contributed by atoms with Gasteiger partial charge in [-0.1, -0.05) is 6.07 Å². The molecule has 35 heavy (non-hydrogen) atoms. The Kier molecular flexibility index (Phi) is 6.92. The van der Waals surface area contributed by atoms with Gasteiger partial charge in [-0.15, -0.1) is 0 Å². The molecule has 3 aromatic heterocycles. The number of nitrogens with zero attached hydrogens (tertiary/aromatic N) is 6. The number of imidazole rings is 1. The van der Waals surface area contributed by atoms with Gasteiger partial charge in [0.1, 0.15) is 24.2 Å². The van der Waals surface area contributed by atoms with Crippen LogP contribution in [0, 0.1) is 0 Å². The predicted molar refractivity (Wildman–Crippen MR) is 130 cm³/mol. The number of hydrazone groups is 1. The molecule has 0 aliphatic heterocycles. The lowest BCUT2D eigenvalue weighted by molar-refractivity contribution is 0.0938. The molecule has 0 fully saturated rings. The van der Waals surface area contributed by atoms with E-state index in [0.717, 1.165) is 10.1 Å². The molecular formula is C23H25N7O5. The van der Waals surface area contributed by atoms with E-state index in [4.69, 9.17) is 9.47 Å². The number of nitrogens with one attached hydrogen (secondary N) is 1. The van der Waals surface area contributed by atoms with Gasteiger partial charge < -0.3 is 19.1 Å². The van der Waals surface area contributed by atoms with Crippen LogP contribution in [0.2, 0.25) is 0 Å². The van der Waals surface area contributed by atoms with E-state index in [1.807, 2.05) is 6.07 Å². The quantitative estimate of drug-likeness (QED) is 0.265. The molecular weight excluding hydrogens is 454 g/mol. The van der Waals surface area contributed by atoms with E-state index in [-0.39, 0.29) is 30.3 Å². The van der Waals surface area contributed by atoms with Crippen molar-refractivity contribution >= 4 is 23.3 Å². The molecule has 1 atom stereocenters. The Morgan fingerprint density at radius 3 is 2.57 bits per heavy atom. The molecule has 1 aromatic carbocycles. The fraction of sp³-hybridized carbons (Fsp3) is 0.261. The summed E-state index contributed by atoms with van der Waals surface area (Å²) in [5.74, 6) is 1.42. The first-order valence-electron chi connectivity index (χ1n) is 10.7. The summed E-state index contributed by atoms with van der Waals surface area (Å²) in [4.78, 5) is 33.8. The van der Waals surface area contributed by atoms with E-state index in [9.17, 15) is 14.7 Å². The fourth-order valence-corrected chi connectivity index (χ4v) is 3.45. The summed E-state index contributed by atoms with van der Waals surface area (Å²) in [6.07, 6.45) is 3.82. The third-order valence-electron chi connectivity index (χ3n) is 5.31. The Morgan fingerprint density at radius 1 is 1.14 bits per heavy atom. The largest absolute Gasteiger partial charge is 0.497 e. The van der Waals surface area contributed by atoms with Crippen molar-refractivity contribution in [1.29, 1.82) is 0 Å². The summed E-state index contributed by atoms with van der Waals surface area (Å²) in [6, 6.07) is 10.5. The van der Waals surface area contributed by atoms with E-state index in [1.54, 1.807) is 49.8 Å². The van der Waals surface area contributed by atoms with Crippen molar-refractivity contribution in [3.05, 3.63) is 75.2 Å². The molecule has 0 saturated heterocycles. The summed E-state index contributed by atoms with van der Waals surface area (Å²) in [7, 11) is 4.48. The summed E-state index contributed by atoms with van der Waals surface area (Å²) in [5, 5.41) is 14.9. The maximum absolute atomic E-state index is 12.9. The minimum absolute atomic E-state index is 0.0369. The Balaban J connectivity index is 1.62. The lowest BCUT2D eigenvalue weighted by atomic mass is 10.3. The highest BCUT2D eigenvalue weighted by atomic mass is 16.5. The summed E-state index contributed by atoms with van der Waals surface area (Å²) in [5.41, 5.74) is 2.82. The number of aliphatic hydroxyl groups excluding tert-OH is 1. The topological polar surface area (TPSA) is 138 Å². The van der Waals surface area contributed by atoms with Crippen LogP contribution in [0.4, 0.5) is 5.95 Å². The zero-order valence-electron chi connectivity index (χ0n) is 19.5. The molecule has 2 N–H and O–H groups in total. The molecule has 0 amide bonds. The maximum atomic E-state index is 12.9. The van der Waals surface area contributed by atoms with Crippen molar-refractivity contribution in [2.75, 3.05) is 19.1 Å². The Bertz CT molecular complexity index is 1460. The van der Waals surface area contributed by atoms with E-state index in [2.05, 4.69) is 20.5 Å². The normalized spacial score (nSPS) is 12.2. The highest BCUT2D eigenvalue weighted by Gasteiger charge is 2.21. The molecule has 0 bridgehead atoms. The number of benzene rings is 1. The van der Waals surface area contributed by atoms with Gasteiger partial charge >= 0.3 is 5.69 Å². The fourth-order valence-electron chi connectivity index (χ4n) is 3.45. The van der Waals surface area contributed by atoms with Crippen LogP contribution in [-0.2, 0) is 20.6 Å². The van der Waals surface area contributed by atoms with Crippen molar-refractivity contribution in [1.82, 2.24) is 23.7 Å². The van der Waals surface area contributed by atoms with Gasteiger partial charge in [0.2, 0.25) is 5.95 Å². The number of aliphatic hydroxyl groups is 1. The van der Waals surface area contributed by atoms with Gasteiger partial charge in [0.05, 0.1) is 19.9 Å². The summed E-state index contributed by atoms with van der Waals surface area (Å²) >= 11 is 0. The van der Waals surface area contributed by atoms with Gasteiger partial charge in [-0.05, 0) is 30.3 Å². The van der Waals surface area contributed by atoms with Gasteiger partial charge in [-0.3, -0.25) is 18.9 Å². The molecule has 182 valence electrons. The highest BCUT2D eigenvalue weighted by molar-refractivity contribution is 5.80. The van der Waals surface area contributed by atoms with Gasteiger partial charge in [0.15, 0.2) is 11.2 Å². The second-order valence-electron chi connectivity index (χ2n) is 7.72. The third-order valence-corrected chi connectivity index (χ3v) is 5.31. The van der Waals surface area contributed by atoms with Crippen LogP contribution in [0.15, 0.2) is 63.5 Å². The number of fused-ring (bicyclic) bond motifs is 1. The molecule has 0 aliphatic carbocycles. The van der Waals surface area contributed by atoms with Crippen molar-refractivity contribution in [3.8, 4) is 11.5 Å². The van der Waals surface area contributed by atoms with Crippen LogP contribution >= 0.6 is 0 Å². The van der Waals surface area contributed by atoms with E-state index < -0.39 is 17.4 Å². The lowest BCUT2D eigenvalue weighted by Gasteiger charge is -2.15. The SMILES string of the molecule is COc1ccc(OC[C@H](O)Cn2c(N/N=C\c3cccnc3)nc3c2c(=O)n(C)c(=O)n3C)cc1. The van der Waals surface area contributed by atoms with Crippen molar-refractivity contribution < 1.29 is 14.6 Å². The zero-order valence-corrected chi connectivity index (χ0v) is 19.5. The van der Waals surface area contributed by atoms with Crippen molar-refractivity contribution in [3.63, 3.8) is 0 Å². The molecule has 12 nitrogen and oxygen atoms in total. The minimum Gasteiger partial charge on any atom is -0.497 e. The molecule has 0 saturated carbocycles. The van der Waals surface area contributed by atoms with Crippen LogP contribution in [0.1, 0.15) is 5.56 Å². The highest BCUT2D eigenvalue weighted by Crippen LogP contribution is 2.19. The number of methoxy groups -OCH3 is 1. The first-order valence-corrected chi connectivity index (χ1v) is 10.7. The minimum atomic E-state index is -1.00. The van der Waals surface area contributed by atoms with Gasteiger partial charge in [0.25, 0.3) is 5.56 Å². The molecule has 0 radical (unpaired) electrons. The van der Waals surface area contributed by atoms with Crippen molar-refractivity contribution in [2.45, 2.75) is 12.6 Å². The smallest absolute Gasteiger partial charge is 0.332 e. The standard InChI is InChI=1S/C23H25N7O5/c1-28-20-19(21(32)29(2)23(28)33)30(22(26-20)27-25-12-15-5-4-10-24-11-15)13-16(31)14-35-18-8-6-17(34-3)7-9-18/h4-12,16,31H,13-14H2,1-3H3,(H,26,27)/b25-12-/t16-/m1/s1. The number of hydrogen-bond donors (Lipinski definition) is 2. The van der Waals surface area contributed by atoms with Crippen LogP contribution in [-0.4, -0.2) is 54.8 Å². The zero-order chi connectivity index (χ0) is 24.9. The predicted octanol–water partition coefficient (Wildman–Crippen LogP) is 0.723. The number of aryl methyl sites for hydroxylation is 1. The first-order chi connectivity index (χ1) is 16.9. The molecule has 0 aliphatic rings. The third kappa shape index (κ3) is 5.06. The number of pyridine rings is 1. The molecule has 4 aromatic rings. The van der Waals surface area contributed by atoms with Gasteiger partial charge in [-0.25, -0.2) is 10.2 Å². The number of rotatable bonds is 9. The number of anilines is 1. The molecule has 3 heterocycles. The maximum Gasteiger partial charge on any atom is 0.332 e. The number of ether oxygens (including phenoxy) is 2. The summed E-state index contributed by atoms with van der Waals surface area (Å²) in [6.45, 7) is -0.0820. The van der Waals surface area contributed by atoms with Gasteiger partial charge in [0, 0.05) is 32.1 Å². The average Bonchev–Trinajstić information content (AvgIpc) is 3.24. The van der Waals surface area contributed by atoms with Crippen LogP contribution in [0.3, 0.4) is 0 Å². The van der Waals surface area contributed by atoms with E-state index in [1.165, 1.54) is 29.4 Å². The van der Waals surface area contributed by atoms with E-state index in [0.29, 0.717) is 11.5 Å². The van der Waals surface area contributed by atoms with Gasteiger partial charge in [-0.2, -0.15) is 10.1 Å². The Morgan fingerprint density at radius 2 is 1.89 bits per heavy atom. The van der Waals surface area contributed by atoms with Crippen molar-refractivity contribution in [2.24, 2.45) is 19.2 Å². The first kappa shape index (κ1) is 23.7. The molecule has 12 heteroatoms. The molecule has 0 spiro atoms. The second kappa shape index (κ2) is 10.2. The average molecular weight is 479 g/mol. The number of aromatic nitrogens is 5. The lowest BCUT2D eigenvalue weighted by Crippen LogP contribution is -2.38. The molecule has 0 unspecified atom stereocenters. The molecule has 4 rings (SSSR count). The van der Waals surface area contributed by atoms with Crippen LogP contribution in [0.25, 0.3) is 11.2 Å². The Hall–Kier alpha value is -4.45. The monoisotopic (exact) mass is 479 g/mol.